The maximum atomic E-state index is 5.74. The molecule has 0 spiro atoms. The molecule has 3 N–H and O–H groups in total. The van der Waals surface area contributed by atoms with Gasteiger partial charge >= 0.3 is 0 Å². The molecular weight excluding hydrogens is 244 g/mol. The second-order valence-electron chi connectivity index (χ2n) is 3.85. The standard InChI is InChI=1S/C13H16N4O2/c1-18-8-13-16-11(14)7-12(17-13)15-9-5-3-4-6-10(9)19-2/h3-7H,8H2,1-2H3,(H3,14,15,16,17). The molecule has 0 aliphatic carbocycles. The summed E-state index contributed by atoms with van der Waals surface area (Å²) in [6.45, 7) is 0.311. The molecule has 100 valence electrons. The van der Waals surface area contributed by atoms with Gasteiger partial charge < -0.3 is 20.5 Å². The summed E-state index contributed by atoms with van der Waals surface area (Å²) in [5, 5.41) is 3.15. The second kappa shape index (κ2) is 6.01. The zero-order valence-corrected chi connectivity index (χ0v) is 10.9. The predicted molar refractivity (Wildman–Crippen MR) is 73.4 cm³/mol. The minimum atomic E-state index is 0.311. The van der Waals surface area contributed by atoms with Crippen LogP contribution in [0.4, 0.5) is 17.3 Å². The molecule has 0 aliphatic heterocycles. The number of rotatable bonds is 5. The van der Waals surface area contributed by atoms with Gasteiger partial charge in [0.05, 0.1) is 12.8 Å². The van der Waals surface area contributed by atoms with Gasteiger partial charge in [-0.2, -0.15) is 0 Å². The first-order chi connectivity index (χ1) is 9.22. The number of hydrogen-bond donors (Lipinski definition) is 2. The van der Waals surface area contributed by atoms with E-state index < -0.39 is 0 Å². The van der Waals surface area contributed by atoms with Crippen LogP contribution in [0.3, 0.4) is 0 Å². The first-order valence-corrected chi connectivity index (χ1v) is 5.75. The summed E-state index contributed by atoms with van der Waals surface area (Å²) >= 11 is 0. The molecule has 0 saturated carbocycles. The van der Waals surface area contributed by atoms with Gasteiger partial charge in [0.1, 0.15) is 24.0 Å². The first-order valence-electron chi connectivity index (χ1n) is 5.75. The van der Waals surface area contributed by atoms with Gasteiger partial charge in [-0.25, -0.2) is 9.97 Å². The van der Waals surface area contributed by atoms with Gasteiger partial charge in [0.25, 0.3) is 0 Å². The normalized spacial score (nSPS) is 10.2. The highest BCUT2D eigenvalue weighted by Crippen LogP contribution is 2.26. The number of ether oxygens (including phenoxy) is 2. The number of nitrogens with two attached hydrogens (primary N) is 1. The van der Waals surface area contributed by atoms with Gasteiger partial charge in [-0.15, -0.1) is 0 Å². The Morgan fingerprint density at radius 3 is 2.74 bits per heavy atom. The van der Waals surface area contributed by atoms with E-state index in [0.717, 1.165) is 11.4 Å². The molecule has 0 saturated heterocycles. The lowest BCUT2D eigenvalue weighted by atomic mass is 10.3. The fraction of sp³-hybridized carbons (Fsp3) is 0.231. The third-order valence-corrected chi connectivity index (χ3v) is 2.44. The molecule has 1 aromatic heterocycles. The number of nitrogens with one attached hydrogen (secondary N) is 1. The largest absolute Gasteiger partial charge is 0.495 e. The number of anilines is 3. The number of methoxy groups -OCH3 is 2. The van der Waals surface area contributed by atoms with Crippen LogP contribution in [-0.2, 0) is 11.3 Å². The fourth-order valence-electron chi connectivity index (χ4n) is 1.66. The minimum absolute atomic E-state index is 0.311. The first kappa shape index (κ1) is 13.1. The average molecular weight is 260 g/mol. The Bertz CT molecular complexity index is 560. The lowest BCUT2D eigenvalue weighted by Crippen LogP contribution is -2.04. The lowest BCUT2D eigenvalue weighted by molar-refractivity contribution is 0.178. The molecule has 0 bridgehead atoms. The Hall–Kier alpha value is -2.34. The van der Waals surface area contributed by atoms with Gasteiger partial charge in [0.15, 0.2) is 5.82 Å². The van der Waals surface area contributed by atoms with Crippen molar-refractivity contribution in [3.8, 4) is 5.75 Å². The van der Waals surface area contributed by atoms with Gasteiger partial charge in [0, 0.05) is 13.2 Å². The van der Waals surface area contributed by atoms with Crippen molar-refractivity contribution in [2.24, 2.45) is 0 Å². The average Bonchev–Trinajstić information content (AvgIpc) is 2.39. The summed E-state index contributed by atoms with van der Waals surface area (Å²) in [4.78, 5) is 8.39. The third kappa shape index (κ3) is 3.32. The number of para-hydroxylation sites is 2. The van der Waals surface area contributed by atoms with Crippen molar-refractivity contribution in [3.63, 3.8) is 0 Å². The predicted octanol–water partition coefficient (Wildman–Crippen LogP) is 1.96. The van der Waals surface area contributed by atoms with E-state index in [9.17, 15) is 0 Å². The molecule has 1 heterocycles. The van der Waals surface area contributed by atoms with Crippen LogP contribution in [0.15, 0.2) is 30.3 Å². The van der Waals surface area contributed by atoms with Crippen molar-refractivity contribution in [1.82, 2.24) is 9.97 Å². The van der Waals surface area contributed by atoms with Crippen LogP contribution < -0.4 is 15.8 Å². The van der Waals surface area contributed by atoms with Crippen molar-refractivity contribution in [1.29, 1.82) is 0 Å². The Kier molecular flexibility index (Phi) is 4.15. The summed E-state index contributed by atoms with van der Waals surface area (Å²) in [5.41, 5.74) is 6.55. The molecule has 6 heteroatoms. The van der Waals surface area contributed by atoms with E-state index in [4.69, 9.17) is 15.2 Å². The molecule has 0 radical (unpaired) electrons. The zero-order chi connectivity index (χ0) is 13.7. The summed E-state index contributed by atoms with van der Waals surface area (Å²) in [5.74, 6) is 2.25. The van der Waals surface area contributed by atoms with E-state index >= 15 is 0 Å². The van der Waals surface area contributed by atoms with E-state index in [1.54, 1.807) is 20.3 Å². The molecule has 0 aliphatic rings. The number of nitrogens with zero attached hydrogens (tertiary/aromatic N) is 2. The minimum Gasteiger partial charge on any atom is -0.495 e. The smallest absolute Gasteiger partial charge is 0.158 e. The van der Waals surface area contributed by atoms with Gasteiger partial charge in [-0.3, -0.25) is 0 Å². The second-order valence-corrected chi connectivity index (χ2v) is 3.85. The molecule has 6 nitrogen and oxygen atoms in total. The highest BCUT2D eigenvalue weighted by Gasteiger charge is 2.06. The van der Waals surface area contributed by atoms with Crippen molar-refractivity contribution in [2.45, 2.75) is 6.61 Å². The Morgan fingerprint density at radius 2 is 2.00 bits per heavy atom. The Morgan fingerprint density at radius 1 is 1.21 bits per heavy atom. The summed E-state index contributed by atoms with van der Waals surface area (Å²) in [6, 6.07) is 9.22. The van der Waals surface area contributed by atoms with Gasteiger partial charge in [-0.1, -0.05) is 12.1 Å². The lowest BCUT2D eigenvalue weighted by Gasteiger charge is -2.11. The van der Waals surface area contributed by atoms with Crippen LogP contribution in [0.2, 0.25) is 0 Å². The van der Waals surface area contributed by atoms with E-state index in [1.165, 1.54) is 0 Å². The molecular formula is C13H16N4O2. The maximum Gasteiger partial charge on any atom is 0.158 e. The van der Waals surface area contributed by atoms with Crippen LogP contribution in [0, 0.1) is 0 Å². The van der Waals surface area contributed by atoms with Crippen molar-refractivity contribution in [2.75, 3.05) is 25.3 Å². The molecule has 2 rings (SSSR count). The molecule has 0 fully saturated rings. The Balaban J connectivity index is 2.27. The van der Waals surface area contributed by atoms with Crippen LogP contribution in [0.1, 0.15) is 5.82 Å². The topological polar surface area (TPSA) is 82.3 Å². The molecule has 0 atom stereocenters. The van der Waals surface area contributed by atoms with Crippen molar-refractivity contribution in [3.05, 3.63) is 36.2 Å². The van der Waals surface area contributed by atoms with Crippen molar-refractivity contribution < 1.29 is 9.47 Å². The third-order valence-electron chi connectivity index (χ3n) is 2.44. The van der Waals surface area contributed by atoms with E-state index in [-0.39, 0.29) is 0 Å². The van der Waals surface area contributed by atoms with E-state index in [1.807, 2.05) is 24.3 Å². The van der Waals surface area contributed by atoms with Crippen LogP contribution in [0.5, 0.6) is 5.75 Å². The number of aromatic nitrogens is 2. The number of benzene rings is 1. The summed E-state index contributed by atoms with van der Waals surface area (Å²) < 4.78 is 10.3. The Labute approximate surface area is 111 Å². The van der Waals surface area contributed by atoms with E-state index in [0.29, 0.717) is 24.1 Å². The quantitative estimate of drug-likeness (QED) is 0.855. The van der Waals surface area contributed by atoms with Crippen LogP contribution >= 0.6 is 0 Å². The van der Waals surface area contributed by atoms with Crippen LogP contribution in [0.25, 0.3) is 0 Å². The molecule has 1 aromatic carbocycles. The molecule has 2 aromatic rings. The molecule has 0 amide bonds. The summed E-state index contributed by atoms with van der Waals surface area (Å²) in [7, 11) is 3.20. The van der Waals surface area contributed by atoms with Crippen molar-refractivity contribution >= 4 is 17.3 Å². The maximum absolute atomic E-state index is 5.74. The molecule has 19 heavy (non-hydrogen) atoms. The SMILES string of the molecule is COCc1nc(N)cc(Nc2ccccc2OC)n1. The molecule has 0 unspecified atom stereocenters. The highest BCUT2D eigenvalue weighted by molar-refractivity contribution is 5.65. The van der Waals surface area contributed by atoms with Gasteiger partial charge in [0.2, 0.25) is 0 Å². The fourth-order valence-corrected chi connectivity index (χ4v) is 1.66. The zero-order valence-electron chi connectivity index (χ0n) is 10.9. The number of hydrogen-bond acceptors (Lipinski definition) is 6. The highest BCUT2D eigenvalue weighted by atomic mass is 16.5. The van der Waals surface area contributed by atoms with E-state index in [2.05, 4.69) is 15.3 Å². The monoisotopic (exact) mass is 260 g/mol. The number of nitrogen functional groups attached to an aromatic ring is 1. The van der Waals surface area contributed by atoms with Crippen LogP contribution in [-0.4, -0.2) is 24.2 Å². The van der Waals surface area contributed by atoms with Gasteiger partial charge in [-0.05, 0) is 12.1 Å². The summed E-state index contributed by atoms with van der Waals surface area (Å²) in [6.07, 6.45) is 0.